The number of nitrogens with zero attached hydrogens (tertiary/aromatic N) is 2. The van der Waals surface area contributed by atoms with Gasteiger partial charge in [0.15, 0.2) is 5.84 Å². The Hall–Kier alpha value is -4.05. The van der Waals surface area contributed by atoms with Crippen molar-refractivity contribution in [3.8, 4) is 11.5 Å². The molecule has 0 saturated heterocycles. The van der Waals surface area contributed by atoms with Gasteiger partial charge in [0.25, 0.3) is 0 Å². The standard InChI is InChI=1S/C32H29N3O/c1-4-12-23(13-5-1)30-33-34-31(35(30)25-14-6-2-7-15-25)24-18-19-29-27(22-24)32(20-10-3-11-21-32)26-16-8-9-17-28(26)36-29/h1-2,4-9,12-19,22,30,33H,3,10-11,20-21H2. The van der Waals surface area contributed by atoms with E-state index < -0.39 is 0 Å². The van der Waals surface area contributed by atoms with Gasteiger partial charge in [-0.15, -0.1) is 0 Å². The van der Waals surface area contributed by atoms with E-state index in [1.807, 2.05) is 0 Å². The lowest BCUT2D eigenvalue weighted by molar-refractivity contribution is 0.306. The topological polar surface area (TPSA) is 36.9 Å². The highest BCUT2D eigenvalue weighted by atomic mass is 16.5. The highest BCUT2D eigenvalue weighted by molar-refractivity contribution is 6.11. The first kappa shape index (κ1) is 21.3. The maximum atomic E-state index is 6.46. The van der Waals surface area contributed by atoms with Gasteiger partial charge in [0.2, 0.25) is 0 Å². The van der Waals surface area contributed by atoms with Crippen molar-refractivity contribution in [1.29, 1.82) is 0 Å². The second kappa shape index (κ2) is 8.56. The third-order valence-corrected chi connectivity index (χ3v) is 8.01. The molecule has 4 aromatic carbocycles. The molecule has 1 unspecified atom stereocenters. The Balaban J connectivity index is 1.35. The fraction of sp³-hybridized carbons (Fsp3) is 0.219. The lowest BCUT2D eigenvalue weighted by atomic mass is 9.63. The van der Waals surface area contributed by atoms with Crippen molar-refractivity contribution in [2.75, 3.05) is 4.90 Å². The zero-order chi connectivity index (χ0) is 24.0. The molecule has 1 saturated carbocycles. The van der Waals surface area contributed by atoms with Crippen LogP contribution in [0, 0.1) is 0 Å². The SMILES string of the molecule is c1ccc(C2NN=C(c3ccc4c(c3)C3(CCCCC3)c3ccccc3O4)N2c2ccccc2)cc1. The molecule has 1 aliphatic carbocycles. The Morgan fingerprint density at radius 1 is 0.722 bits per heavy atom. The number of benzene rings is 4. The Labute approximate surface area is 212 Å². The average Bonchev–Trinajstić information content (AvgIpc) is 3.40. The summed E-state index contributed by atoms with van der Waals surface area (Å²) in [5.41, 5.74) is 9.46. The van der Waals surface area contributed by atoms with Gasteiger partial charge in [-0.2, -0.15) is 5.10 Å². The molecular formula is C32H29N3O. The van der Waals surface area contributed by atoms with Gasteiger partial charge in [-0.1, -0.05) is 86.0 Å². The predicted octanol–water partition coefficient (Wildman–Crippen LogP) is 7.51. The third kappa shape index (κ3) is 3.32. The van der Waals surface area contributed by atoms with E-state index in [0.29, 0.717) is 0 Å². The first-order valence-electron chi connectivity index (χ1n) is 13.0. The van der Waals surface area contributed by atoms with Gasteiger partial charge in [-0.05, 0) is 54.8 Å². The third-order valence-electron chi connectivity index (χ3n) is 8.01. The van der Waals surface area contributed by atoms with Crippen molar-refractivity contribution < 1.29 is 4.74 Å². The number of para-hydroxylation sites is 2. The van der Waals surface area contributed by atoms with Crippen LogP contribution in [-0.2, 0) is 5.41 Å². The van der Waals surface area contributed by atoms with E-state index in [-0.39, 0.29) is 11.6 Å². The largest absolute Gasteiger partial charge is 0.457 e. The van der Waals surface area contributed by atoms with Gasteiger partial charge >= 0.3 is 0 Å². The number of nitrogens with one attached hydrogen (secondary N) is 1. The first-order chi connectivity index (χ1) is 17.8. The number of fused-ring (bicyclic) bond motifs is 4. The minimum atomic E-state index is -0.0692. The molecule has 1 spiro atoms. The molecule has 36 heavy (non-hydrogen) atoms. The average molecular weight is 472 g/mol. The molecule has 2 aliphatic heterocycles. The first-order valence-corrected chi connectivity index (χ1v) is 13.0. The van der Waals surface area contributed by atoms with E-state index >= 15 is 0 Å². The van der Waals surface area contributed by atoms with Crippen LogP contribution < -0.4 is 15.1 Å². The van der Waals surface area contributed by atoms with Gasteiger partial charge < -0.3 is 4.74 Å². The van der Waals surface area contributed by atoms with Crippen molar-refractivity contribution >= 4 is 11.5 Å². The van der Waals surface area contributed by atoms with Crippen molar-refractivity contribution in [2.45, 2.75) is 43.7 Å². The molecule has 0 radical (unpaired) electrons. The number of hydrogen-bond acceptors (Lipinski definition) is 4. The molecule has 178 valence electrons. The summed E-state index contributed by atoms with van der Waals surface area (Å²) in [4.78, 5) is 2.31. The van der Waals surface area contributed by atoms with E-state index in [1.54, 1.807) is 0 Å². The van der Waals surface area contributed by atoms with Crippen LogP contribution in [0.15, 0.2) is 108 Å². The summed E-state index contributed by atoms with van der Waals surface area (Å²) >= 11 is 0. The van der Waals surface area contributed by atoms with Gasteiger partial charge in [-0.25, -0.2) is 0 Å². The summed E-state index contributed by atoms with van der Waals surface area (Å²) in [5.74, 6) is 2.93. The summed E-state index contributed by atoms with van der Waals surface area (Å²) in [6.45, 7) is 0. The van der Waals surface area contributed by atoms with E-state index in [9.17, 15) is 0 Å². The van der Waals surface area contributed by atoms with Crippen LogP contribution in [0.25, 0.3) is 0 Å². The van der Waals surface area contributed by atoms with Crippen LogP contribution in [0.2, 0.25) is 0 Å². The van der Waals surface area contributed by atoms with Crippen LogP contribution in [0.5, 0.6) is 11.5 Å². The second-order valence-corrected chi connectivity index (χ2v) is 10.0. The number of rotatable bonds is 3. The summed E-state index contributed by atoms with van der Waals surface area (Å²) in [7, 11) is 0. The fourth-order valence-corrected chi connectivity index (χ4v) is 6.32. The molecular weight excluding hydrogens is 442 g/mol. The Morgan fingerprint density at radius 2 is 1.42 bits per heavy atom. The molecule has 0 aromatic heterocycles. The predicted molar refractivity (Wildman–Crippen MR) is 145 cm³/mol. The van der Waals surface area contributed by atoms with E-state index in [4.69, 9.17) is 9.84 Å². The lowest BCUT2D eigenvalue weighted by Crippen LogP contribution is -2.35. The minimum Gasteiger partial charge on any atom is -0.457 e. The minimum absolute atomic E-state index is 0.00143. The summed E-state index contributed by atoms with van der Waals surface area (Å²) in [5, 5.41) is 4.90. The zero-order valence-electron chi connectivity index (χ0n) is 20.2. The van der Waals surface area contributed by atoms with E-state index in [2.05, 4.69) is 113 Å². The number of hydrogen-bond donors (Lipinski definition) is 1. The zero-order valence-corrected chi connectivity index (χ0v) is 20.2. The molecule has 4 aromatic rings. The monoisotopic (exact) mass is 471 g/mol. The number of amidine groups is 1. The number of hydrazone groups is 1. The summed E-state index contributed by atoms with van der Waals surface area (Å²) < 4.78 is 6.46. The number of ether oxygens (including phenoxy) is 1. The molecule has 0 bridgehead atoms. The Kier molecular flexibility index (Phi) is 5.05. The van der Waals surface area contributed by atoms with Crippen molar-refractivity contribution in [2.24, 2.45) is 5.10 Å². The fourth-order valence-electron chi connectivity index (χ4n) is 6.32. The molecule has 7 rings (SSSR count). The van der Waals surface area contributed by atoms with Gasteiger partial charge in [0.1, 0.15) is 17.7 Å². The Morgan fingerprint density at radius 3 is 2.22 bits per heavy atom. The van der Waals surface area contributed by atoms with Crippen molar-refractivity contribution in [1.82, 2.24) is 5.43 Å². The molecule has 1 N–H and O–H groups in total. The Bertz CT molecular complexity index is 1420. The normalized spacial score (nSPS) is 19.6. The molecule has 4 heteroatoms. The van der Waals surface area contributed by atoms with Crippen LogP contribution >= 0.6 is 0 Å². The van der Waals surface area contributed by atoms with Crippen LogP contribution in [0.4, 0.5) is 5.69 Å². The van der Waals surface area contributed by atoms with Crippen LogP contribution in [0.1, 0.15) is 60.5 Å². The van der Waals surface area contributed by atoms with Gasteiger partial charge in [0.05, 0.1) is 0 Å². The summed E-state index contributed by atoms with van der Waals surface area (Å²) in [6.07, 6.45) is 6.03. The smallest absolute Gasteiger partial charge is 0.162 e. The van der Waals surface area contributed by atoms with Crippen LogP contribution in [-0.4, -0.2) is 5.84 Å². The molecule has 2 heterocycles. The lowest BCUT2D eigenvalue weighted by Gasteiger charge is -2.43. The molecule has 1 atom stereocenters. The molecule has 3 aliphatic rings. The van der Waals surface area contributed by atoms with E-state index in [0.717, 1.165) is 41.4 Å². The van der Waals surface area contributed by atoms with E-state index in [1.165, 1.54) is 36.0 Å². The highest BCUT2D eigenvalue weighted by Crippen LogP contribution is 2.55. The summed E-state index contributed by atoms with van der Waals surface area (Å²) in [6, 6.07) is 36.3. The van der Waals surface area contributed by atoms with Crippen LogP contribution in [0.3, 0.4) is 0 Å². The quantitative estimate of drug-likeness (QED) is 0.336. The molecule has 1 fully saturated rings. The maximum Gasteiger partial charge on any atom is 0.162 e. The molecule has 4 nitrogen and oxygen atoms in total. The maximum absolute atomic E-state index is 6.46. The second-order valence-electron chi connectivity index (χ2n) is 10.0. The highest BCUT2D eigenvalue weighted by Gasteiger charge is 2.43. The van der Waals surface area contributed by atoms with Crippen molar-refractivity contribution in [3.05, 3.63) is 125 Å². The molecule has 0 amide bonds. The van der Waals surface area contributed by atoms with Crippen molar-refractivity contribution in [3.63, 3.8) is 0 Å². The number of anilines is 1. The van der Waals surface area contributed by atoms with Gasteiger partial charge in [0, 0.05) is 27.8 Å². The van der Waals surface area contributed by atoms with Gasteiger partial charge in [-0.3, -0.25) is 10.3 Å².